The van der Waals surface area contributed by atoms with E-state index >= 15 is 0 Å². The largest absolute Gasteiger partial charge is 0.355 e. The fourth-order valence-corrected chi connectivity index (χ4v) is 4.53. The molecule has 0 bridgehead atoms. The topological polar surface area (TPSA) is 104 Å². The van der Waals surface area contributed by atoms with Gasteiger partial charge < -0.3 is 10.3 Å². The highest BCUT2D eigenvalue weighted by Crippen LogP contribution is 2.23. The first-order chi connectivity index (χ1) is 15.9. The Morgan fingerprint density at radius 3 is 2.48 bits per heavy atom. The van der Waals surface area contributed by atoms with Gasteiger partial charge in [0.25, 0.3) is 0 Å². The number of aryl methyl sites for hydroxylation is 2. The minimum Gasteiger partial charge on any atom is -0.355 e. The number of pyridine rings is 1. The van der Waals surface area contributed by atoms with Gasteiger partial charge >= 0.3 is 0 Å². The van der Waals surface area contributed by atoms with Crippen molar-refractivity contribution in [2.45, 2.75) is 24.7 Å². The van der Waals surface area contributed by atoms with Gasteiger partial charge in [-0.15, -0.1) is 0 Å². The fraction of sp³-hybridized carbons (Fsp3) is 0.200. The molecule has 4 rings (SSSR count). The molecule has 0 spiro atoms. The molecule has 2 heterocycles. The molecule has 1 amide bonds. The summed E-state index contributed by atoms with van der Waals surface area (Å²) in [6, 6.07) is 18.8. The van der Waals surface area contributed by atoms with Crippen molar-refractivity contribution in [3.8, 4) is 11.1 Å². The van der Waals surface area contributed by atoms with Crippen LogP contribution in [0.15, 0.2) is 78.0 Å². The number of aromatic nitrogens is 2. The lowest BCUT2D eigenvalue weighted by Gasteiger charge is -2.09. The number of carbonyl (C=O) groups excluding carboxylic acids is 1. The quantitative estimate of drug-likeness (QED) is 0.331. The van der Waals surface area contributed by atoms with Gasteiger partial charge in [-0.1, -0.05) is 42.0 Å². The first kappa shape index (κ1) is 22.7. The van der Waals surface area contributed by atoms with E-state index in [1.807, 2.05) is 49.6 Å². The van der Waals surface area contributed by atoms with Crippen LogP contribution in [0.2, 0.25) is 0 Å². The van der Waals surface area contributed by atoms with Gasteiger partial charge in [0, 0.05) is 42.9 Å². The third-order valence-corrected chi connectivity index (χ3v) is 6.88. The third kappa shape index (κ3) is 5.85. The van der Waals surface area contributed by atoms with E-state index in [1.165, 1.54) is 0 Å². The SMILES string of the molecule is Cc1ccc(S(=O)(=O)NCCNC(=O)CCc2ccc(-c3cnc4[nH]ccc4c3)cc2)cc1. The Balaban J connectivity index is 1.21. The zero-order valence-electron chi connectivity index (χ0n) is 18.3. The minimum absolute atomic E-state index is 0.115. The molecule has 0 fully saturated rings. The molecule has 0 saturated heterocycles. The monoisotopic (exact) mass is 462 g/mol. The van der Waals surface area contributed by atoms with Gasteiger partial charge in [0.1, 0.15) is 5.65 Å². The summed E-state index contributed by atoms with van der Waals surface area (Å²) in [6.45, 7) is 2.27. The molecule has 7 nitrogen and oxygen atoms in total. The van der Waals surface area contributed by atoms with Crippen molar-refractivity contribution >= 4 is 27.0 Å². The molecule has 0 aliphatic heterocycles. The highest BCUT2D eigenvalue weighted by atomic mass is 32.2. The number of nitrogens with zero attached hydrogens (tertiary/aromatic N) is 1. The fourth-order valence-electron chi connectivity index (χ4n) is 3.50. The zero-order chi connectivity index (χ0) is 23.3. The van der Waals surface area contributed by atoms with Crippen molar-refractivity contribution in [1.82, 2.24) is 20.0 Å². The maximum atomic E-state index is 12.3. The lowest BCUT2D eigenvalue weighted by molar-refractivity contribution is -0.121. The predicted octanol–water partition coefficient (Wildman–Crippen LogP) is 3.57. The average molecular weight is 463 g/mol. The van der Waals surface area contributed by atoms with Gasteiger partial charge in [-0.3, -0.25) is 4.79 Å². The summed E-state index contributed by atoms with van der Waals surface area (Å²) < 4.78 is 27.0. The molecule has 3 N–H and O–H groups in total. The van der Waals surface area contributed by atoms with Gasteiger partial charge in [-0.05, 0) is 48.7 Å². The summed E-state index contributed by atoms with van der Waals surface area (Å²) in [5, 5.41) is 3.82. The standard InChI is InChI=1S/C25H26N4O3S/c1-18-2-9-23(10-3-18)33(31,32)29-15-14-26-24(30)11-6-19-4-7-20(8-5-19)22-16-21-12-13-27-25(21)28-17-22/h2-5,7-10,12-13,16-17,29H,6,11,14-15H2,1H3,(H,26,30)(H,27,28). The van der Waals surface area contributed by atoms with Crippen LogP contribution in [0.1, 0.15) is 17.5 Å². The molecule has 0 radical (unpaired) electrons. The summed E-state index contributed by atoms with van der Waals surface area (Å²) in [4.78, 5) is 19.9. The van der Waals surface area contributed by atoms with E-state index in [9.17, 15) is 13.2 Å². The second-order valence-corrected chi connectivity index (χ2v) is 9.66. The number of aromatic amines is 1. The number of amides is 1. The van der Waals surface area contributed by atoms with Crippen LogP contribution in [0.25, 0.3) is 22.2 Å². The summed E-state index contributed by atoms with van der Waals surface area (Å²) in [5.41, 5.74) is 5.03. The van der Waals surface area contributed by atoms with Crippen LogP contribution in [-0.4, -0.2) is 37.4 Å². The maximum absolute atomic E-state index is 12.3. The molecule has 2 aromatic heterocycles. The van der Waals surface area contributed by atoms with E-state index in [0.29, 0.717) is 12.8 Å². The minimum atomic E-state index is -3.57. The van der Waals surface area contributed by atoms with Crippen molar-refractivity contribution < 1.29 is 13.2 Å². The average Bonchev–Trinajstić information content (AvgIpc) is 3.29. The van der Waals surface area contributed by atoms with Crippen LogP contribution in [0.5, 0.6) is 0 Å². The Morgan fingerprint density at radius 1 is 0.970 bits per heavy atom. The van der Waals surface area contributed by atoms with Crippen molar-refractivity contribution in [3.63, 3.8) is 0 Å². The van der Waals surface area contributed by atoms with Gasteiger partial charge in [-0.25, -0.2) is 18.1 Å². The van der Waals surface area contributed by atoms with E-state index in [-0.39, 0.29) is 23.9 Å². The normalized spacial score (nSPS) is 11.5. The number of H-pyrrole nitrogens is 1. The number of carbonyl (C=O) groups is 1. The predicted molar refractivity (Wildman–Crippen MR) is 129 cm³/mol. The smallest absolute Gasteiger partial charge is 0.240 e. The number of sulfonamides is 1. The molecule has 4 aromatic rings. The Morgan fingerprint density at radius 2 is 1.73 bits per heavy atom. The summed E-state index contributed by atoms with van der Waals surface area (Å²) >= 11 is 0. The van der Waals surface area contributed by atoms with E-state index < -0.39 is 10.0 Å². The lowest BCUT2D eigenvalue weighted by atomic mass is 10.0. The Bertz CT molecular complexity index is 1340. The third-order valence-electron chi connectivity index (χ3n) is 5.40. The molecule has 8 heteroatoms. The lowest BCUT2D eigenvalue weighted by Crippen LogP contribution is -2.34. The first-order valence-electron chi connectivity index (χ1n) is 10.8. The van der Waals surface area contributed by atoms with Crippen molar-refractivity contribution in [2.24, 2.45) is 0 Å². The summed E-state index contributed by atoms with van der Waals surface area (Å²) in [6.07, 6.45) is 4.65. The van der Waals surface area contributed by atoms with E-state index in [2.05, 4.69) is 26.1 Å². The van der Waals surface area contributed by atoms with Crippen LogP contribution < -0.4 is 10.0 Å². The highest BCUT2D eigenvalue weighted by Gasteiger charge is 2.13. The van der Waals surface area contributed by atoms with Gasteiger partial charge in [0.05, 0.1) is 4.90 Å². The molecule has 0 aliphatic rings. The molecule has 170 valence electrons. The number of hydrogen-bond donors (Lipinski definition) is 3. The van der Waals surface area contributed by atoms with Crippen LogP contribution in [-0.2, 0) is 21.2 Å². The number of benzene rings is 2. The maximum Gasteiger partial charge on any atom is 0.240 e. The second kappa shape index (κ2) is 9.97. The van der Waals surface area contributed by atoms with E-state index in [4.69, 9.17) is 0 Å². The van der Waals surface area contributed by atoms with E-state index in [0.717, 1.165) is 33.3 Å². The molecular formula is C25H26N4O3S. The number of rotatable bonds is 9. The van der Waals surface area contributed by atoms with Crippen molar-refractivity contribution in [1.29, 1.82) is 0 Å². The molecule has 0 saturated carbocycles. The summed E-state index contributed by atoms with van der Waals surface area (Å²) in [5.74, 6) is -0.115. The molecule has 2 aromatic carbocycles. The highest BCUT2D eigenvalue weighted by molar-refractivity contribution is 7.89. The van der Waals surface area contributed by atoms with Gasteiger partial charge in [0.15, 0.2) is 0 Å². The van der Waals surface area contributed by atoms with Crippen molar-refractivity contribution in [3.05, 3.63) is 84.2 Å². The first-order valence-corrected chi connectivity index (χ1v) is 12.2. The molecule has 0 atom stereocenters. The molecule has 0 unspecified atom stereocenters. The Labute approximate surface area is 193 Å². The van der Waals surface area contributed by atoms with Gasteiger partial charge in [-0.2, -0.15) is 0 Å². The molecule has 33 heavy (non-hydrogen) atoms. The van der Waals surface area contributed by atoms with Crippen LogP contribution in [0.4, 0.5) is 0 Å². The van der Waals surface area contributed by atoms with Crippen molar-refractivity contribution in [2.75, 3.05) is 13.1 Å². The van der Waals surface area contributed by atoms with Crippen LogP contribution >= 0.6 is 0 Å². The Hall–Kier alpha value is -3.49. The molecule has 0 aliphatic carbocycles. The summed E-state index contributed by atoms with van der Waals surface area (Å²) in [7, 11) is -3.57. The van der Waals surface area contributed by atoms with Crippen LogP contribution in [0, 0.1) is 6.92 Å². The zero-order valence-corrected chi connectivity index (χ0v) is 19.2. The Kier molecular flexibility index (Phi) is 6.86. The number of nitrogens with one attached hydrogen (secondary N) is 3. The second-order valence-electron chi connectivity index (χ2n) is 7.90. The van der Waals surface area contributed by atoms with Crippen LogP contribution in [0.3, 0.4) is 0 Å². The number of fused-ring (bicyclic) bond motifs is 1. The molecular weight excluding hydrogens is 436 g/mol. The van der Waals surface area contributed by atoms with Gasteiger partial charge in [0.2, 0.25) is 15.9 Å². The van der Waals surface area contributed by atoms with E-state index in [1.54, 1.807) is 24.3 Å². The number of hydrogen-bond acceptors (Lipinski definition) is 4.